The van der Waals surface area contributed by atoms with E-state index in [1.54, 1.807) is 14.2 Å². The number of nitrogens with zero attached hydrogens (tertiary/aromatic N) is 4. The average molecular weight is 400 g/mol. The van der Waals surface area contributed by atoms with Crippen molar-refractivity contribution in [3.8, 4) is 11.5 Å². The van der Waals surface area contributed by atoms with Gasteiger partial charge < -0.3 is 29.5 Å². The maximum absolute atomic E-state index is 5.56. The van der Waals surface area contributed by atoms with Gasteiger partial charge in [0, 0.05) is 55.4 Å². The molecule has 3 heterocycles. The summed E-state index contributed by atoms with van der Waals surface area (Å²) >= 11 is 0. The minimum Gasteiger partial charge on any atom is -0.493 e. The Labute approximate surface area is 173 Å². The highest BCUT2D eigenvalue weighted by Gasteiger charge is 2.21. The van der Waals surface area contributed by atoms with Gasteiger partial charge in [-0.15, -0.1) is 0 Å². The summed E-state index contributed by atoms with van der Waals surface area (Å²) in [4.78, 5) is 12.1. The van der Waals surface area contributed by atoms with Crippen LogP contribution in [0.2, 0.25) is 0 Å². The number of ether oxygens (including phenoxy) is 2. The van der Waals surface area contributed by atoms with E-state index in [1.165, 1.54) is 0 Å². The first-order valence-electron chi connectivity index (χ1n) is 10.5. The number of fused-ring (bicyclic) bond motifs is 1. The molecule has 1 N–H and O–H groups in total. The molecule has 7 heteroatoms. The number of hydrogen-bond acceptors (Lipinski definition) is 7. The molecule has 2 fully saturated rings. The highest BCUT2D eigenvalue weighted by atomic mass is 16.5. The largest absolute Gasteiger partial charge is 0.493 e. The molecule has 2 aliphatic heterocycles. The Hall–Kier alpha value is -2.25. The number of aromatic nitrogens is 1. The second-order valence-corrected chi connectivity index (χ2v) is 8.26. The Bertz CT molecular complexity index is 843. The third kappa shape index (κ3) is 4.36. The molecule has 29 heavy (non-hydrogen) atoms. The van der Waals surface area contributed by atoms with Gasteiger partial charge in [-0.2, -0.15) is 0 Å². The number of piperidine rings is 1. The van der Waals surface area contributed by atoms with E-state index in [2.05, 4.69) is 40.2 Å². The first kappa shape index (κ1) is 20.0. The summed E-state index contributed by atoms with van der Waals surface area (Å²) in [5.41, 5.74) is 2.08. The van der Waals surface area contributed by atoms with Crippen LogP contribution in [0, 0.1) is 0 Å². The number of hydrogen-bond donors (Lipinski definition) is 1. The molecule has 158 valence electrons. The van der Waals surface area contributed by atoms with Gasteiger partial charge in [0.2, 0.25) is 0 Å². The Kier molecular flexibility index (Phi) is 5.96. The lowest BCUT2D eigenvalue weighted by atomic mass is 10.0. The molecule has 4 rings (SSSR count). The lowest BCUT2D eigenvalue weighted by Crippen LogP contribution is -2.44. The molecule has 0 spiro atoms. The number of rotatable bonds is 5. The summed E-state index contributed by atoms with van der Waals surface area (Å²) in [5.74, 6) is 2.49. The zero-order valence-electron chi connectivity index (χ0n) is 18.1. The summed E-state index contributed by atoms with van der Waals surface area (Å²) in [6.07, 6.45) is 2.30. The van der Waals surface area contributed by atoms with Gasteiger partial charge in [-0.3, -0.25) is 0 Å². The van der Waals surface area contributed by atoms with E-state index in [9.17, 15) is 0 Å². The molecule has 0 radical (unpaired) electrons. The number of anilines is 2. The number of piperazine rings is 1. The number of pyridine rings is 1. The molecule has 0 bridgehead atoms. The van der Waals surface area contributed by atoms with Crippen molar-refractivity contribution >= 4 is 22.4 Å². The lowest BCUT2D eigenvalue weighted by molar-refractivity contribution is 0.264. The average Bonchev–Trinajstić information content (AvgIpc) is 2.74. The number of nitrogens with one attached hydrogen (secondary N) is 1. The van der Waals surface area contributed by atoms with Gasteiger partial charge in [0.05, 0.1) is 19.7 Å². The number of benzene rings is 1. The SMILES string of the molecule is COc1cc2nc(N3CCN(C)CC3)cc(NC3CCN(C)CC3)c2cc1OC. The molecule has 0 atom stereocenters. The molecule has 0 unspecified atom stereocenters. The first-order valence-corrected chi connectivity index (χ1v) is 10.5. The van der Waals surface area contributed by atoms with Crippen molar-refractivity contribution in [2.75, 3.05) is 77.8 Å². The molecule has 2 aromatic rings. The van der Waals surface area contributed by atoms with Crippen LogP contribution in [0.25, 0.3) is 10.9 Å². The van der Waals surface area contributed by atoms with Crippen LogP contribution in [0.5, 0.6) is 11.5 Å². The second kappa shape index (κ2) is 8.63. The second-order valence-electron chi connectivity index (χ2n) is 8.26. The fourth-order valence-electron chi connectivity index (χ4n) is 4.23. The van der Waals surface area contributed by atoms with Gasteiger partial charge in [0.15, 0.2) is 11.5 Å². The van der Waals surface area contributed by atoms with Gasteiger partial charge in [0.25, 0.3) is 0 Å². The van der Waals surface area contributed by atoms with Gasteiger partial charge >= 0.3 is 0 Å². The summed E-state index contributed by atoms with van der Waals surface area (Å²) < 4.78 is 11.1. The van der Waals surface area contributed by atoms with Gasteiger partial charge in [-0.1, -0.05) is 0 Å². The standard InChI is InChI=1S/C22H33N5O2/c1-25-7-5-16(6-8-25)23-19-15-22(27-11-9-26(2)10-12-27)24-18-14-21(29-4)20(28-3)13-17(18)19/h13-16H,5-12H2,1-4H3,(H,23,24). The zero-order valence-corrected chi connectivity index (χ0v) is 18.1. The van der Waals surface area contributed by atoms with E-state index < -0.39 is 0 Å². The van der Waals surface area contributed by atoms with E-state index in [1.807, 2.05) is 12.1 Å². The molecule has 0 saturated carbocycles. The summed E-state index contributed by atoms with van der Waals surface area (Å²) in [6, 6.07) is 6.74. The number of methoxy groups -OCH3 is 2. The van der Waals surface area contributed by atoms with Gasteiger partial charge in [0.1, 0.15) is 5.82 Å². The third-order valence-electron chi connectivity index (χ3n) is 6.21. The molecule has 1 aromatic carbocycles. The number of likely N-dealkylation sites (tertiary alicyclic amines) is 1. The summed E-state index contributed by atoms with van der Waals surface area (Å²) in [5, 5.41) is 4.90. The highest BCUT2D eigenvalue weighted by molar-refractivity contribution is 5.95. The zero-order chi connectivity index (χ0) is 20.4. The predicted octanol–water partition coefficient (Wildman–Crippen LogP) is 2.51. The van der Waals surface area contributed by atoms with Crippen LogP contribution in [0.3, 0.4) is 0 Å². The van der Waals surface area contributed by atoms with E-state index in [0.29, 0.717) is 11.8 Å². The van der Waals surface area contributed by atoms with Crippen molar-refractivity contribution in [2.24, 2.45) is 0 Å². The number of likely N-dealkylation sites (N-methyl/N-ethyl adjacent to an activating group) is 1. The Balaban J connectivity index is 1.72. The summed E-state index contributed by atoms with van der Waals surface area (Å²) in [7, 11) is 7.72. The molecule has 1 aromatic heterocycles. The monoisotopic (exact) mass is 399 g/mol. The molecule has 2 aliphatic rings. The molecular weight excluding hydrogens is 366 g/mol. The van der Waals surface area contributed by atoms with Crippen molar-refractivity contribution in [1.29, 1.82) is 0 Å². The predicted molar refractivity (Wildman–Crippen MR) is 119 cm³/mol. The van der Waals surface area contributed by atoms with Crippen LogP contribution in [-0.2, 0) is 0 Å². The molecule has 0 aliphatic carbocycles. The van der Waals surface area contributed by atoms with Crippen molar-refractivity contribution in [3.05, 3.63) is 18.2 Å². The van der Waals surface area contributed by atoms with Crippen molar-refractivity contribution in [2.45, 2.75) is 18.9 Å². The smallest absolute Gasteiger partial charge is 0.162 e. The first-order chi connectivity index (χ1) is 14.1. The van der Waals surface area contributed by atoms with Crippen LogP contribution < -0.4 is 19.7 Å². The summed E-state index contributed by atoms with van der Waals surface area (Å²) in [6.45, 7) is 6.37. The minimum atomic E-state index is 0.477. The van der Waals surface area contributed by atoms with Crippen molar-refractivity contribution in [1.82, 2.24) is 14.8 Å². The van der Waals surface area contributed by atoms with Crippen LogP contribution in [0.4, 0.5) is 11.5 Å². The molecule has 0 amide bonds. The van der Waals surface area contributed by atoms with E-state index in [-0.39, 0.29) is 0 Å². The van der Waals surface area contributed by atoms with Gasteiger partial charge in [-0.05, 0) is 46.1 Å². The molecular formula is C22H33N5O2. The topological polar surface area (TPSA) is 53.1 Å². The van der Waals surface area contributed by atoms with Crippen LogP contribution >= 0.6 is 0 Å². The Morgan fingerprint density at radius 2 is 1.48 bits per heavy atom. The Morgan fingerprint density at radius 1 is 0.862 bits per heavy atom. The van der Waals surface area contributed by atoms with Crippen molar-refractivity contribution < 1.29 is 9.47 Å². The normalized spacial score (nSPS) is 19.5. The highest BCUT2D eigenvalue weighted by Crippen LogP contribution is 2.37. The van der Waals surface area contributed by atoms with E-state index in [0.717, 1.165) is 80.3 Å². The third-order valence-corrected chi connectivity index (χ3v) is 6.21. The minimum absolute atomic E-state index is 0.477. The fraction of sp³-hybridized carbons (Fsp3) is 0.591. The van der Waals surface area contributed by atoms with Crippen LogP contribution in [0.15, 0.2) is 18.2 Å². The van der Waals surface area contributed by atoms with Crippen LogP contribution in [0.1, 0.15) is 12.8 Å². The molecule has 7 nitrogen and oxygen atoms in total. The van der Waals surface area contributed by atoms with Gasteiger partial charge in [-0.25, -0.2) is 4.98 Å². The maximum Gasteiger partial charge on any atom is 0.162 e. The molecule has 2 saturated heterocycles. The van der Waals surface area contributed by atoms with E-state index in [4.69, 9.17) is 14.5 Å². The maximum atomic E-state index is 5.56. The van der Waals surface area contributed by atoms with E-state index >= 15 is 0 Å². The lowest BCUT2D eigenvalue weighted by Gasteiger charge is -2.34. The Morgan fingerprint density at radius 3 is 2.14 bits per heavy atom. The quantitative estimate of drug-likeness (QED) is 0.829. The van der Waals surface area contributed by atoms with Crippen molar-refractivity contribution in [3.63, 3.8) is 0 Å². The fourth-order valence-corrected chi connectivity index (χ4v) is 4.23. The van der Waals surface area contributed by atoms with Crippen LogP contribution in [-0.4, -0.2) is 88.4 Å².